The van der Waals surface area contributed by atoms with Gasteiger partial charge in [0.25, 0.3) is 11.8 Å². The zero-order valence-corrected chi connectivity index (χ0v) is 25.4. The number of amides is 2. The van der Waals surface area contributed by atoms with E-state index in [1.807, 2.05) is 51.1 Å². The standard InChI is InChI=1S/C32H41N3O6S/c1-5-18-33-31(37)25-12-9-13-26(20-25)32(38)34-29(19-24-10-7-6-8-11-24)30(36)22-35(21-23(2)3)42(39,40)28-16-14-27(41-4)15-17-28/h6-17,20,23,29-30,36H,5,18-19,21-22H2,1-4H3,(H,33,37)(H,34,38)/t29-,30+/m0/s1. The molecular formula is C32H41N3O6S. The summed E-state index contributed by atoms with van der Waals surface area (Å²) in [6.45, 7) is 6.21. The fourth-order valence-electron chi connectivity index (χ4n) is 4.46. The van der Waals surface area contributed by atoms with Crippen LogP contribution in [0.25, 0.3) is 0 Å². The van der Waals surface area contributed by atoms with Crippen LogP contribution < -0.4 is 15.4 Å². The maximum Gasteiger partial charge on any atom is 0.251 e. The van der Waals surface area contributed by atoms with Crippen LogP contribution in [0.3, 0.4) is 0 Å². The molecule has 0 aliphatic carbocycles. The van der Waals surface area contributed by atoms with Crippen molar-refractivity contribution < 1.29 is 27.9 Å². The quantitative estimate of drug-likeness (QED) is 0.245. The van der Waals surface area contributed by atoms with E-state index in [1.54, 1.807) is 30.3 Å². The van der Waals surface area contributed by atoms with E-state index in [0.717, 1.165) is 12.0 Å². The topological polar surface area (TPSA) is 125 Å². The Balaban J connectivity index is 1.88. The Labute approximate surface area is 249 Å². The first-order valence-corrected chi connectivity index (χ1v) is 15.5. The molecule has 0 heterocycles. The Hall–Kier alpha value is -3.73. The number of benzene rings is 3. The van der Waals surface area contributed by atoms with Gasteiger partial charge in [-0.1, -0.05) is 57.2 Å². The Morgan fingerprint density at radius 1 is 0.905 bits per heavy atom. The molecule has 2 amide bonds. The molecule has 3 aromatic carbocycles. The molecule has 42 heavy (non-hydrogen) atoms. The largest absolute Gasteiger partial charge is 0.497 e. The minimum atomic E-state index is -3.97. The van der Waals surface area contributed by atoms with Gasteiger partial charge >= 0.3 is 0 Å². The highest BCUT2D eigenvalue weighted by atomic mass is 32.2. The van der Waals surface area contributed by atoms with E-state index in [2.05, 4.69) is 10.6 Å². The molecule has 0 aromatic heterocycles. The first kappa shape index (κ1) is 32.8. The van der Waals surface area contributed by atoms with Crippen molar-refractivity contribution in [3.63, 3.8) is 0 Å². The number of nitrogens with one attached hydrogen (secondary N) is 2. The van der Waals surface area contributed by atoms with E-state index in [0.29, 0.717) is 17.9 Å². The molecule has 0 saturated carbocycles. The van der Waals surface area contributed by atoms with Gasteiger partial charge in [0, 0.05) is 30.8 Å². The minimum absolute atomic E-state index is 0.0195. The fraction of sp³-hybridized carbons (Fsp3) is 0.375. The van der Waals surface area contributed by atoms with Crippen LogP contribution in [0.1, 0.15) is 53.5 Å². The van der Waals surface area contributed by atoms with Gasteiger partial charge in [0.15, 0.2) is 0 Å². The molecule has 226 valence electrons. The third kappa shape index (κ3) is 9.14. The van der Waals surface area contributed by atoms with Crippen LogP contribution in [0.5, 0.6) is 5.75 Å². The lowest BCUT2D eigenvalue weighted by atomic mass is 10.00. The molecule has 0 fully saturated rings. The number of carbonyl (C=O) groups excluding carboxylic acids is 2. The van der Waals surface area contributed by atoms with E-state index in [-0.39, 0.29) is 41.8 Å². The third-order valence-corrected chi connectivity index (χ3v) is 8.50. The summed E-state index contributed by atoms with van der Waals surface area (Å²) in [6, 6.07) is 21.0. The summed E-state index contributed by atoms with van der Waals surface area (Å²) in [7, 11) is -2.46. The van der Waals surface area contributed by atoms with E-state index in [9.17, 15) is 23.1 Å². The highest BCUT2D eigenvalue weighted by Gasteiger charge is 2.31. The number of sulfonamides is 1. The van der Waals surface area contributed by atoms with Gasteiger partial charge in [-0.3, -0.25) is 9.59 Å². The van der Waals surface area contributed by atoms with Crippen molar-refractivity contribution in [2.45, 2.75) is 50.7 Å². The zero-order valence-electron chi connectivity index (χ0n) is 24.6. The lowest BCUT2D eigenvalue weighted by Crippen LogP contribution is -2.51. The van der Waals surface area contributed by atoms with Crippen molar-refractivity contribution in [3.8, 4) is 5.75 Å². The van der Waals surface area contributed by atoms with E-state index in [1.165, 1.54) is 29.6 Å². The summed E-state index contributed by atoms with van der Waals surface area (Å²) in [4.78, 5) is 25.9. The average Bonchev–Trinajstić information content (AvgIpc) is 2.99. The normalized spacial score (nSPS) is 13.0. The first-order chi connectivity index (χ1) is 20.0. The maximum absolute atomic E-state index is 13.7. The van der Waals surface area contributed by atoms with Crippen LogP contribution >= 0.6 is 0 Å². The van der Waals surface area contributed by atoms with Gasteiger partial charge < -0.3 is 20.5 Å². The summed E-state index contributed by atoms with van der Waals surface area (Å²) in [5, 5.41) is 17.2. The molecule has 3 N–H and O–H groups in total. The molecular weight excluding hydrogens is 554 g/mol. The summed E-state index contributed by atoms with van der Waals surface area (Å²) >= 11 is 0. The van der Waals surface area contributed by atoms with Crippen LogP contribution in [-0.4, -0.2) is 68.5 Å². The highest BCUT2D eigenvalue weighted by molar-refractivity contribution is 7.89. The number of carbonyl (C=O) groups is 2. The molecule has 0 radical (unpaired) electrons. The number of methoxy groups -OCH3 is 1. The summed E-state index contributed by atoms with van der Waals surface area (Å²) in [5.74, 6) is -0.245. The van der Waals surface area contributed by atoms with Gasteiger partial charge in [0.1, 0.15) is 5.75 Å². The number of aliphatic hydroxyl groups excluding tert-OH is 1. The van der Waals surface area contributed by atoms with Crippen molar-refractivity contribution in [1.82, 2.24) is 14.9 Å². The Morgan fingerprint density at radius 3 is 2.14 bits per heavy atom. The molecule has 2 atom stereocenters. The average molecular weight is 596 g/mol. The van der Waals surface area contributed by atoms with Gasteiger partial charge in [-0.15, -0.1) is 0 Å². The lowest BCUT2D eigenvalue weighted by Gasteiger charge is -2.31. The van der Waals surface area contributed by atoms with Gasteiger partial charge in [-0.05, 0) is 66.8 Å². The van der Waals surface area contributed by atoms with Crippen LogP contribution in [0.15, 0.2) is 83.8 Å². The van der Waals surface area contributed by atoms with E-state index < -0.39 is 28.1 Å². The Morgan fingerprint density at radius 2 is 1.55 bits per heavy atom. The molecule has 0 saturated heterocycles. The van der Waals surface area contributed by atoms with Gasteiger partial charge in [-0.2, -0.15) is 4.31 Å². The molecule has 3 rings (SSSR count). The van der Waals surface area contributed by atoms with Gasteiger partial charge in [0.05, 0.1) is 24.2 Å². The fourth-order valence-corrected chi connectivity index (χ4v) is 6.08. The van der Waals surface area contributed by atoms with Crippen molar-refractivity contribution in [2.24, 2.45) is 5.92 Å². The molecule has 9 nitrogen and oxygen atoms in total. The number of nitrogens with zero attached hydrogens (tertiary/aromatic N) is 1. The highest BCUT2D eigenvalue weighted by Crippen LogP contribution is 2.22. The van der Waals surface area contributed by atoms with Crippen LogP contribution in [-0.2, 0) is 16.4 Å². The molecule has 3 aromatic rings. The molecule has 0 bridgehead atoms. The lowest BCUT2D eigenvalue weighted by molar-refractivity contribution is 0.0776. The van der Waals surface area contributed by atoms with Crippen molar-refractivity contribution >= 4 is 21.8 Å². The predicted molar refractivity (Wildman–Crippen MR) is 163 cm³/mol. The van der Waals surface area contributed by atoms with Gasteiger partial charge in [-0.25, -0.2) is 8.42 Å². The second-order valence-corrected chi connectivity index (χ2v) is 12.5. The molecule has 0 spiro atoms. The van der Waals surface area contributed by atoms with Crippen molar-refractivity contribution in [3.05, 3.63) is 95.6 Å². The monoisotopic (exact) mass is 595 g/mol. The number of hydrogen-bond acceptors (Lipinski definition) is 6. The number of hydrogen-bond donors (Lipinski definition) is 3. The zero-order chi connectivity index (χ0) is 30.7. The summed E-state index contributed by atoms with van der Waals surface area (Å²) in [6.07, 6.45) is -0.188. The SMILES string of the molecule is CCCNC(=O)c1cccc(C(=O)N[C@@H](Cc2ccccc2)[C@H](O)CN(CC(C)C)S(=O)(=O)c2ccc(OC)cc2)c1. The minimum Gasteiger partial charge on any atom is -0.497 e. The number of rotatable bonds is 15. The van der Waals surface area contributed by atoms with Crippen LogP contribution in [0.4, 0.5) is 0 Å². The first-order valence-electron chi connectivity index (χ1n) is 14.1. The smallest absolute Gasteiger partial charge is 0.251 e. The Kier molecular flexibility index (Phi) is 12.1. The van der Waals surface area contributed by atoms with Crippen molar-refractivity contribution in [2.75, 3.05) is 26.7 Å². The van der Waals surface area contributed by atoms with E-state index in [4.69, 9.17) is 4.74 Å². The third-order valence-electron chi connectivity index (χ3n) is 6.66. The van der Waals surface area contributed by atoms with Crippen LogP contribution in [0, 0.1) is 5.92 Å². The molecule has 10 heteroatoms. The Bertz CT molecular complexity index is 1410. The summed E-state index contributed by atoms with van der Waals surface area (Å²) < 4.78 is 33.7. The summed E-state index contributed by atoms with van der Waals surface area (Å²) in [5.41, 5.74) is 1.47. The van der Waals surface area contributed by atoms with Crippen LogP contribution in [0.2, 0.25) is 0 Å². The molecule has 0 aliphatic rings. The second-order valence-electron chi connectivity index (χ2n) is 10.6. The van der Waals surface area contributed by atoms with E-state index >= 15 is 0 Å². The second kappa shape index (κ2) is 15.5. The van der Waals surface area contributed by atoms with Gasteiger partial charge in [0.2, 0.25) is 10.0 Å². The number of ether oxygens (including phenoxy) is 1. The number of aliphatic hydroxyl groups is 1. The van der Waals surface area contributed by atoms with Crippen molar-refractivity contribution in [1.29, 1.82) is 0 Å². The maximum atomic E-state index is 13.7. The molecule has 0 unspecified atom stereocenters. The predicted octanol–water partition coefficient (Wildman–Crippen LogP) is 3.88. The molecule has 0 aliphatic heterocycles.